The first-order chi connectivity index (χ1) is 14.0. The van der Waals surface area contributed by atoms with E-state index in [0.29, 0.717) is 18.7 Å². The van der Waals surface area contributed by atoms with Crippen molar-refractivity contribution in [3.05, 3.63) is 71.4 Å². The van der Waals surface area contributed by atoms with E-state index in [0.717, 1.165) is 11.3 Å². The summed E-state index contributed by atoms with van der Waals surface area (Å²) in [5.41, 5.74) is 1.51. The van der Waals surface area contributed by atoms with Crippen molar-refractivity contribution < 1.29 is 19.1 Å². The molecule has 0 saturated carbocycles. The molecule has 2 aromatic rings. The van der Waals surface area contributed by atoms with Gasteiger partial charge in [0.2, 0.25) is 0 Å². The first-order valence-electron chi connectivity index (χ1n) is 9.63. The molecule has 1 saturated heterocycles. The lowest BCUT2D eigenvalue weighted by Crippen LogP contribution is -2.50. The molecule has 0 unspecified atom stereocenters. The van der Waals surface area contributed by atoms with E-state index in [-0.39, 0.29) is 29.7 Å². The van der Waals surface area contributed by atoms with E-state index in [9.17, 15) is 9.59 Å². The van der Waals surface area contributed by atoms with Gasteiger partial charge in [-0.05, 0) is 49.8 Å². The van der Waals surface area contributed by atoms with Crippen LogP contribution in [-0.2, 0) is 9.53 Å². The second kappa shape index (κ2) is 9.39. The maximum atomic E-state index is 13.2. The summed E-state index contributed by atoms with van der Waals surface area (Å²) in [6.45, 7) is 4.82. The Hall–Kier alpha value is -3.12. The number of rotatable bonds is 5. The number of carbonyl (C=O) groups is 2. The van der Waals surface area contributed by atoms with Crippen molar-refractivity contribution in [2.24, 2.45) is 0 Å². The maximum Gasteiger partial charge on any atom is 0.270 e. The van der Waals surface area contributed by atoms with E-state index in [4.69, 9.17) is 9.47 Å². The van der Waals surface area contributed by atoms with Crippen molar-refractivity contribution in [2.45, 2.75) is 26.1 Å². The molecule has 1 fully saturated rings. The van der Waals surface area contributed by atoms with Crippen LogP contribution in [0.2, 0.25) is 0 Å². The van der Waals surface area contributed by atoms with Crippen molar-refractivity contribution in [1.82, 2.24) is 10.2 Å². The summed E-state index contributed by atoms with van der Waals surface area (Å²) in [6, 6.07) is 16.1. The predicted molar refractivity (Wildman–Crippen MR) is 111 cm³/mol. The van der Waals surface area contributed by atoms with Crippen molar-refractivity contribution in [1.29, 1.82) is 0 Å². The van der Waals surface area contributed by atoms with Gasteiger partial charge in [-0.25, -0.2) is 0 Å². The van der Waals surface area contributed by atoms with Gasteiger partial charge in [0, 0.05) is 18.7 Å². The second-order valence-electron chi connectivity index (χ2n) is 7.12. The van der Waals surface area contributed by atoms with Gasteiger partial charge in [-0.2, -0.15) is 0 Å². The molecule has 29 heavy (non-hydrogen) atoms. The Morgan fingerprint density at radius 2 is 1.66 bits per heavy atom. The summed E-state index contributed by atoms with van der Waals surface area (Å²) in [5, 5.41) is 2.80. The molecule has 1 N–H and O–H groups in total. The summed E-state index contributed by atoms with van der Waals surface area (Å²) >= 11 is 0. The lowest BCUT2D eigenvalue weighted by Gasteiger charge is -2.35. The monoisotopic (exact) mass is 394 g/mol. The number of hydrogen-bond acceptors (Lipinski definition) is 4. The van der Waals surface area contributed by atoms with Gasteiger partial charge < -0.3 is 19.7 Å². The molecule has 0 aliphatic carbocycles. The van der Waals surface area contributed by atoms with Crippen molar-refractivity contribution in [3.63, 3.8) is 0 Å². The Bertz CT molecular complexity index is 868. The maximum absolute atomic E-state index is 13.2. The normalized spacial score (nSPS) is 19.6. The topological polar surface area (TPSA) is 67.9 Å². The minimum Gasteiger partial charge on any atom is -0.497 e. The molecular formula is C23H26N2O4. The first kappa shape index (κ1) is 20.6. The molecule has 1 aliphatic heterocycles. The van der Waals surface area contributed by atoms with Gasteiger partial charge in [0.1, 0.15) is 11.4 Å². The summed E-state index contributed by atoms with van der Waals surface area (Å²) in [7, 11) is 1.60. The number of morpholine rings is 1. The van der Waals surface area contributed by atoms with Gasteiger partial charge in [-0.15, -0.1) is 0 Å². The average Bonchev–Trinajstić information content (AvgIpc) is 2.73. The van der Waals surface area contributed by atoms with Crippen LogP contribution in [0, 0.1) is 0 Å². The number of carbonyl (C=O) groups excluding carboxylic acids is 2. The second-order valence-corrected chi connectivity index (χ2v) is 7.12. The summed E-state index contributed by atoms with van der Waals surface area (Å²) in [5.74, 6) is 0.166. The fourth-order valence-corrected chi connectivity index (χ4v) is 3.32. The van der Waals surface area contributed by atoms with Crippen molar-refractivity contribution in [3.8, 4) is 5.75 Å². The van der Waals surface area contributed by atoms with Crippen LogP contribution in [0.25, 0.3) is 6.08 Å². The number of amides is 2. The Labute approximate surface area is 171 Å². The summed E-state index contributed by atoms with van der Waals surface area (Å²) in [6.07, 6.45) is 1.57. The van der Waals surface area contributed by atoms with Crippen LogP contribution in [0.15, 0.2) is 60.3 Å². The SMILES string of the molecule is COc1ccc(/C=C(/NC(=O)c2ccccc2)C(=O)N2C[C@@H](C)O[C@@H](C)C2)cc1. The highest BCUT2D eigenvalue weighted by atomic mass is 16.5. The predicted octanol–water partition coefficient (Wildman–Crippen LogP) is 3.10. The van der Waals surface area contributed by atoms with Crippen LogP contribution in [-0.4, -0.2) is 49.1 Å². The van der Waals surface area contributed by atoms with E-state index >= 15 is 0 Å². The van der Waals surface area contributed by atoms with Gasteiger partial charge in [0.15, 0.2) is 0 Å². The minimum atomic E-state index is -0.326. The molecule has 2 amide bonds. The molecule has 0 bridgehead atoms. The zero-order valence-electron chi connectivity index (χ0n) is 16.9. The molecule has 2 atom stereocenters. The molecule has 6 heteroatoms. The fourth-order valence-electron chi connectivity index (χ4n) is 3.32. The van der Waals surface area contributed by atoms with Crippen LogP contribution in [0.1, 0.15) is 29.8 Å². The number of benzene rings is 2. The zero-order chi connectivity index (χ0) is 20.8. The van der Waals surface area contributed by atoms with Gasteiger partial charge in [-0.3, -0.25) is 9.59 Å². The number of nitrogens with one attached hydrogen (secondary N) is 1. The lowest BCUT2D eigenvalue weighted by atomic mass is 10.1. The van der Waals surface area contributed by atoms with E-state index in [1.54, 1.807) is 42.4 Å². The number of nitrogens with zero attached hydrogens (tertiary/aromatic N) is 1. The molecule has 0 aromatic heterocycles. The molecule has 1 heterocycles. The number of ether oxygens (including phenoxy) is 2. The van der Waals surface area contributed by atoms with E-state index < -0.39 is 0 Å². The molecule has 1 aliphatic rings. The molecule has 0 radical (unpaired) electrons. The third kappa shape index (κ3) is 5.45. The Morgan fingerprint density at radius 3 is 2.24 bits per heavy atom. The first-order valence-corrected chi connectivity index (χ1v) is 9.63. The van der Waals surface area contributed by atoms with Gasteiger partial charge >= 0.3 is 0 Å². The highest BCUT2D eigenvalue weighted by molar-refractivity contribution is 6.05. The Morgan fingerprint density at radius 1 is 1.03 bits per heavy atom. The quantitative estimate of drug-likeness (QED) is 0.792. The van der Waals surface area contributed by atoms with Crippen molar-refractivity contribution >= 4 is 17.9 Å². The zero-order valence-corrected chi connectivity index (χ0v) is 16.9. The molecule has 3 rings (SSSR count). The number of methoxy groups -OCH3 is 1. The Balaban J connectivity index is 1.88. The highest BCUT2D eigenvalue weighted by Gasteiger charge is 2.28. The van der Waals surface area contributed by atoms with E-state index in [1.165, 1.54) is 0 Å². The fraction of sp³-hybridized carbons (Fsp3) is 0.304. The highest BCUT2D eigenvalue weighted by Crippen LogP contribution is 2.17. The van der Waals surface area contributed by atoms with Crippen LogP contribution in [0.4, 0.5) is 0 Å². The molecule has 0 spiro atoms. The summed E-state index contributed by atoms with van der Waals surface area (Å²) in [4.78, 5) is 27.7. The summed E-state index contributed by atoms with van der Waals surface area (Å²) < 4.78 is 10.9. The minimum absolute atomic E-state index is 0.0604. The van der Waals surface area contributed by atoms with Crippen LogP contribution >= 0.6 is 0 Å². The largest absolute Gasteiger partial charge is 0.497 e. The molecule has 6 nitrogen and oxygen atoms in total. The van der Waals surface area contributed by atoms with Crippen LogP contribution < -0.4 is 10.1 Å². The third-order valence-electron chi connectivity index (χ3n) is 4.65. The molecule has 2 aromatic carbocycles. The van der Waals surface area contributed by atoms with E-state index in [1.807, 2.05) is 44.2 Å². The van der Waals surface area contributed by atoms with Gasteiger partial charge in [0.05, 0.1) is 19.3 Å². The van der Waals surface area contributed by atoms with E-state index in [2.05, 4.69) is 5.32 Å². The Kier molecular flexibility index (Phi) is 6.67. The van der Waals surface area contributed by atoms with Crippen LogP contribution in [0.5, 0.6) is 5.75 Å². The van der Waals surface area contributed by atoms with Gasteiger partial charge in [-0.1, -0.05) is 30.3 Å². The average molecular weight is 394 g/mol. The van der Waals surface area contributed by atoms with Crippen molar-refractivity contribution in [2.75, 3.05) is 20.2 Å². The number of hydrogen-bond donors (Lipinski definition) is 1. The third-order valence-corrected chi connectivity index (χ3v) is 4.65. The lowest BCUT2D eigenvalue weighted by molar-refractivity contribution is -0.139. The van der Waals surface area contributed by atoms with Crippen LogP contribution in [0.3, 0.4) is 0 Å². The smallest absolute Gasteiger partial charge is 0.270 e. The molecule has 152 valence electrons. The van der Waals surface area contributed by atoms with Gasteiger partial charge in [0.25, 0.3) is 11.8 Å². The molecular weight excluding hydrogens is 368 g/mol. The standard InChI is InChI=1S/C23H26N2O4/c1-16-14-25(15-17(2)29-16)23(27)21(13-18-9-11-20(28-3)12-10-18)24-22(26)19-7-5-4-6-8-19/h4-13,16-17H,14-15H2,1-3H3,(H,24,26)/b21-13+/t16-,17+.